The first-order valence-electron chi connectivity index (χ1n) is 9.96. The van der Waals surface area contributed by atoms with Crippen LogP contribution in [0.15, 0.2) is 53.6 Å². The Labute approximate surface area is 177 Å². The van der Waals surface area contributed by atoms with Crippen molar-refractivity contribution in [3.05, 3.63) is 48.7 Å². The Morgan fingerprint density at radius 3 is 2.47 bits per heavy atom. The van der Waals surface area contributed by atoms with E-state index in [1.165, 1.54) is 18.4 Å². The van der Waals surface area contributed by atoms with E-state index in [9.17, 15) is 13.2 Å². The number of likely N-dealkylation sites (tertiary alicyclic amines) is 1. The van der Waals surface area contributed by atoms with Crippen molar-refractivity contribution in [3.63, 3.8) is 0 Å². The van der Waals surface area contributed by atoms with Gasteiger partial charge in [-0.25, -0.2) is 17.7 Å². The number of sulfonamides is 1. The van der Waals surface area contributed by atoms with E-state index in [1.54, 1.807) is 36.5 Å². The fourth-order valence-electron chi connectivity index (χ4n) is 3.29. The number of pyridine rings is 1. The SMILES string of the molecule is CN(C)S(=O)(=O)c1ccc(OCCN2CCC(C(=O)Nc3ccccn3)CC2)cc1. The Morgan fingerprint density at radius 2 is 1.87 bits per heavy atom. The van der Waals surface area contributed by atoms with Crippen LogP contribution < -0.4 is 10.1 Å². The molecule has 1 aliphatic rings. The maximum absolute atomic E-state index is 12.4. The lowest BCUT2D eigenvalue weighted by atomic mass is 9.96. The lowest BCUT2D eigenvalue weighted by Gasteiger charge is -2.31. The molecule has 1 amide bonds. The molecule has 30 heavy (non-hydrogen) atoms. The summed E-state index contributed by atoms with van der Waals surface area (Å²) in [6, 6.07) is 11.9. The second-order valence-corrected chi connectivity index (χ2v) is 9.58. The van der Waals surface area contributed by atoms with Gasteiger partial charge < -0.3 is 10.1 Å². The molecular weight excluding hydrogens is 404 g/mol. The summed E-state index contributed by atoms with van der Waals surface area (Å²) in [6.07, 6.45) is 3.26. The van der Waals surface area contributed by atoms with Gasteiger partial charge in [-0.15, -0.1) is 0 Å². The second-order valence-electron chi connectivity index (χ2n) is 7.43. The predicted molar refractivity (Wildman–Crippen MR) is 115 cm³/mol. The molecule has 2 aromatic rings. The van der Waals surface area contributed by atoms with Gasteiger partial charge in [0.05, 0.1) is 4.90 Å². The smallest absolute Gasteiger partial charge is 0.242 e. The second kappa shape index (κ2) is 10.0. The van der Waals surface area contributed by atoms with E-state index in [-0.39, 0.29) is 16.7 Å². The molecule has 0 radical (unpaired) electrons. The van der Waals surface area contributed by atoms with Gasteiger partial charge in [0.2, 0.25) is 15.9 Å². The van der Waals surface area contributed by atoms with Gasteiger partial charge in [-0.2, -0.15) is 0 Å². The maximum atomic E-state index is 12.4. The highest BCUT2D eigenvalue weighted by molar-refractivity contribution is 7.89. The van der Waals surface area contributed by atoms with Crippen molar-refractivity contribution < 1.29 is 17.9 Å². The number of ether oxygens (including phenoxy) is 1. The first-order valence-corrected chi connectivity index (χ1v) is 11.4. The van der Waals surface area contributed by atoms with Crippen LogP contribution in [0, 0.1) is 5.92 Å². The highest BCUT2D eigenvalue weighted by Gasteiger charge is 2.25. The minimum Gasteiger partial charge on any atom is -0.492 e. The Bertz CT molecular complexity index is 925. The zero-order valence-electron chi connectivity index (χ0n) is 17.3. The molecule has 9 heteroatoms. The van der Waals surface area contributed by atoms with Gasteiger partial charge in [0, 0.05) is 32.8 Å². The van der Waals surface area contributed by atoms with Crippen molar-refractivity contribution in [2.75, 3.05) is 45.7 Å². The van der Waals surface area contributed by atoms with E-state index in [0.29, 0.717) is 18.2 Å². The van der Waals surface area contributed by atoms with E-state index < -0.39 is 10.0 Å². The molecule has 1 aliphatic heterocycles. The molecule has 2 heterocycles. The van der Waals surface area contributed by atoms with E-state index in [1.807, 2.05) is 12.1 Å². The predicted octanol–water partition coefficient (Wildman–Crippen LogP) is 2.06. The van der Waals surface area contributed by atoms with Crippen molar-refractivity contribution in [1.29, 1.82) is 0 Å². The summed E-state index contributed by atoms with van der Waals surface area (Å²) in [5.74, 6) is 1.24. The molecule has 0 spiro atoms. The van der Waals surface area contributed by atoms with E-state index in [0.717, 1.165) is 32.5 Å². The number of nitrogens with zero attached hydrogens (tertiary/aromatic N) is 3. The van der Waals surface area contributed by atoms with Gasteiger partial charge in [0.1, 0.15) is 18.2 Å². The molecule has 3 rings (SSSR count). The van der Waals surface area contributed by atoms with Crippen LogP contribution in [0.1, 0.15) is 12.8 Å². The summed E-state index contributed by atoms with van der Waals surface area (Å²) in [5.41, 5.74) is 0. The molecule has 0 aliphatic carbocycles. The molecule has 1 N–H and O–H groups in total. The summed E-state index contributed by atoms with van der Waals surface area (Å²) in [5, 5.41) is 2.87. The van der Waals surface area contributed by atoms with Crippen LogP contribution in [0.5, 0.6) is 5.75 Å². The number of anilines is 1. The van der Waals surface area contributed by atoms with Gasteiger partial charge in [0.15, 0.2) is 0 Å². The number of benzene rings is 1. The van der Waals surface area contributed by atoms with Crippen LogP contribution in [0.25, 0.3) is 0 Å². The normalized spacial score (nSPS) is 15.8. The molecule has 0 unspecified atom stereocenters. The highest BCUT2D eigenvalue weighted by atomic mass is 32.2. The molecule has 0 saturated carbocycles. The molecule has 162 valence electrons. The topological polar surface area (TPSA) is 91.8 Å². The van der Waals surface area contributed by atoms with E-state index in [4.69, 9.17) is 4.74 Å². The van der Waals surface area contributed by atoms with Gasteiger partial charge in [-0.05, 0) is 62.3 Å². The maximum Gasteiger partial charge on any atom is 0.242 e. The molecule has 8 nitrogen and oxygen atoms in total. The Morgan fingerprint density at radius 1 is 1.17 bits per heavy atom. The van der Waals surface area contributed by atoms with Crippen LogP contribution in [0.4, 0.5) is 5.82 Å². The summed E-state index contributed by atoms with van der Waals surface area (Å²) >= 11 is 0. The summed E-state index contributed by atoms with van der Waals surface area (Å²) in [4.78, 5) is 19.0. The number of hydrogen-bond donors (Lipinski definition) is 1. The third kappa shape index (κ3) is 5.78. The Hall–Kier alpha value is -2.49. The molecule has 1 saturated heterocycles. The van der Waals surface area contributed by atoms with Gasteiger partial charge >= 0.3 is 0 Å². The summed E-state index contributed by atoms with van der Waals surface area (Å²) in [7, 11) is -0.421. The van der Waals surface area contributed by atoms with E-state index in [2.05, 4.69) is 15.2 Å². The molecular formula is C21H28N4O4S. The number of piperidine rings is 1. The molecule has 0 atom stereocenters. The number of carbonyl (C=O) groups excluding carboxylic acids is 1. The quantitative estimate of drug-likeness (QED) is 0.687. The van der Waals surface area contributed by atoms with Crippen LogP contribution in [-0.4, -0.2) is 68.9 Å². The molecule has 1 fully saturated rings. The summed E-state index contributed by atoms with van der Waals surface area (Å²) in [6.45, 7) is 2.93. The molecule has 1 aromatic heterocycles. The van der Waals surface area contributed by atoms with Crippen molar-refractivity contribution in [1.82, 2.24) is 14.2 Å². The first kappa shape index (κ1) is 22.2. The minimum atomic E-state index is -3.43. The molecule has 0 bridgehead atoms. The number of aromatic nitrogens is 1. The zero-order chi connectivity index (χ0) is 21.6. The average molecular weight is 433 g/mol. The van der Waals surface area contributed by atoms with Gasteiger partial charge in [-0.1, -0.05) is 6.07 Å². The number of rotatable bonds is 8. The molecule has 1 aromatic carbocycles. The summed E-state index contributed by atoms with van der Waals surface area (Å²) < 4.78 is 31.1. The number of hydrogen-bond acceptors (Lipinski definition) is 6. The van der Waals surface area contributed by atoms with Crippen LogP contribution in [0.2, 0.25) is 0 Å². The van der Waals surface area contributed by atoms with Gasteiger partial charge in [0.25, 0.3) is 0 Å². The van der Waals surface area contributed by atoms with Crippen molar-refractivity contribution in [2.24, 2.45) is 5.92 Å². The van der Waals surface area contributed by atoms with Crippen LogP contribution in [0.3, 0.4) is 0 Å². The van der Waals surface area contributed by atoms with E-state index >= 15 is 0 Å². The van der Waals surface area contributed by atoms with Crippen molar-refractivity contribution in [2.45, 2.75) is 17.7 Å². The first-order chi connectivity index (χ1) is 14.4. The third-order valence-corrected chi connectivity index (χ3v) is 6.98. The minimum absolute atomic E-state index is 0.00429. The number of amides is 1. The standard InChI is InChI=1S/C21H28N4O4S/c1-24(2)30(27,28)19-8-6-18(7-9-19)29-16-15-25-13-10-17(11-14-25)21(26)23-20-5-3-4-12-22-20/h3-9,12,17H,10-11,13-16H2,1-2H3,(H,22,23,26). The lowest BCUT2D eigenvalue weighted by Crippen LogP contribution is -2.40. The monoisotopic (exact) mass is 432 g/mol. The fraction of sp³-hybridized carbons (Fsp3) is 0.429. The largest absolute Gasteiger partial charge is 0.492 e. The zero-order valence-corrected chi connectivity index (χ0v) is 18.1. The third-order valence-electron chi connectivity index (χ3n) is 5.15. The highest BCUT2D eigenvalue weighted by Crippen LogP contribution is 2.20. The number of nitrogens with one attached hydrogen (secondary N) is 1. The fourth-order valence-corrected chi connectivity index (χ4v) is 4.20. The Kier molecular flexibility index (Phi) is 7.41. The van der Waals surface area contributed by atoms with Gasteiger partial charge in [-0.3, -0.25) is 9.69 Å². The van der Waals surface area contributed by atoms with Crippen molar-refractivity contribution >= 4 is 21.7 Å². The number of carbonyl (C=O) groups is 1. The van der Waals surface area contributed by atoms with Crippen LogP contribution in [-0.2, 0) is 14.8 Å². The Balaban J connectivity index is 1.39. The van der Waals surface area contributed by atoms with Crippen LogP contribution >= 0.6 is 0 Å². The average Bonchev–Trinajstić information content (AvgIpc) is 2.75. The van der Waals surface area contributed by atoms with Crippen molar-refractivity contribution in [3.8, 4) is 5.75 Å². The lowest BCUT2D eigenvalue weighted by molar-refractivity contribution is -0.121.